The molecule has 4 heteroatoms. The summed E-state index contributed by atoms with van der Waals surface area (Å²) in [6, 6.07) is 0. The first kappa shape index (κ1) is 3.50. The molecule has 0 saturated heterocycles. The van der Waals surface area contributed by atoms with E-state index in [9.17, 15) is 9.59 Å². The highest BCUT2D eigenvalue weighted by Crippen LogP contribution is 1.57. The number of carboxylic acid groups (broad SMARTS) is 2. The van der Waals surface area contributed by atoms with Crippen LogP contribution in [0.15, 0.2) is 0 Å². The lowest BCUT2D eigenvalue weighted by Gasteiger charge is -1.68. The van der Waals surface area contributed by atoms with Gasteiger partial charge in [0.05, 0.1) is 0 Å². The Morgan fingerprint density at radius 1 is 1.25 bits per heavy atom. The largest absolute Gasteiger partial charge is 0.472 e. The molecular formula is C4H2O4. The molecule has 0 spiro atoms. The Hall–Kier alpha value is -1.50. The van der Waals surface area contributed by atoms with Crippen molar-refractivity contribution >= 4 is 11.9 Å². The minimum atomic E-state index is -1.18. The maximum atomic E-state index is 9.98. The summed E-state index contributed by atoms with van der Waals surface area (Å²) in [5, 5.41) is 6.63. The molecule has 4 nitrogen and oxygen atoms in total. The first-order valence-electron chi connectivity index (χ1n) is 2.38. The maximum Gasteiger partial charge on any atom is 0.382 e. The van der Waals surface area contributed by atoms with Gasteiger partial charge in [-0.2, -0.15) is 0 Å². The molecule has 0 unspecified atom stereocenters. The predicted octanol–water partition coefficient (Wildman–Crippen LogP) is -0.841. The number of hydrogen-bond acceptors (Lipinski definition) is 4. The zero-order valence-corrected chi connectivity index (χ0v) is 3.63. The molecule has 42 valence electrons. The quantitative estimate of drug-likeness (QED) is 0.404. The van der Waals surface area contributed by atoms with Crippen molar-refractivity contribution in [2.75, 3.05) is 0 Å². The Balaban J connectivity index is 3.91. The molecule has 0 heterocycles. The number of carbonyl (C=O) groups is 2. The van der Waals surface area contributed by atoms with Gasteiger partial charge in [-0.3, -0.25) is 0 Å². The number of carboxylic acids is 2. The van der Waals surface area contributed by atoms with Crippen molar-refractivity contribution in [2.24, 2.45) is 0 Å². The third kappa shape index (κ3) is 4.50. The molecule has 0 amide bonds. The average Bonchev–Trinajstić information content (AvgIpc) is 1.99. The summed E-state index contributed by atoms with van der Waals surface area (Å²) in [4.78, 5) is 20.0. The molecule has 0 fully saturated rings. The number of hydrogen-bond donors (Lipinski definition) is 2. The van der Waals surface area contributed by atoms with Crippen molar-refractivity contribution < 1.29 is 19.8 Å². The average molecular weight is 116 g/mol. The monoisotopic (exact) mass is 116 g/mol. The van der Waals surface area contributed by atoms with Crippen molar-refractivity contribution in [1.29, 1.82) is 2.86 Å². The van der Waals surface area contributed by atoms with Crippen molar-refractivity contribution in [3.8, 4) is 11.8 Å². The lowest BCUT2D eigenvalue weighted by molar-refractivity contribution is -0.132. The summed E-state index contributed by atoms with van der Waals surface area (Å²) in [7, 11) is 0. The van der Waals surface area contributed by atoms with E-state index in [0.717, 1.165) is 0 Å². The van der Waals surface area contributed by atoms with Gasteiger partial charge in [0.25, 0.3) is 2.86 Å². The van der Waals surface area contributed by atoms with Gasteiger partial charge in [-0.15, -0.1) is 0 Å². The molecule has 0 saturated carbocycles. The van der Waals surface area contributed by atoms with Crippen LogP contribution in [0.5, 0.6) is 0 Å². The minimum absolute atomic E-state index is 1.18. The Kier molecular flexibility index (Phi) is 1.15. The van der Waals surface area contributed by atoms with E-state index >= 15 is 0 Å². The summed E-state index contributed by atoms with van der Waals surface area (Å²) in [6.45, 7) is 0. The van der Waals surface area contributed by atoms with Gasteiger partial charge < -0.3 is 10.2 Å². The van der Waals surface area contributed by atoms with Crippen LogP contribution in [0.3, 0.4) is 0 Å². The van der Waals surface area contributed by atoms with Gasteiger partial charge in [0.1, 0.15) is 0 Å². The Morgan fingerprint density at radius 2 is 1.62 bits per heavy atom. The van der Waals surface area contributed by atoms with Crippen LogP contribution < -0.4 is 0 Å². The molecule has 8 heavy (non-hydrogen) atoms. The van der Waals surface area contributed by atoms with Gasteiger partial charge in [-0.05, 0) is 0 Å². The van der Waals surface area contributed by atoms with Crippen LogP contribution in [0.2, 0.25) is 0 Å². The molecule has 0 atom stereocenters. The van der Waals surface area contributed by atoms with E-state index in [-0.39, 0.29) is 0 Å². The molecule has 0 aromatic heterocycles. The van der Waals surface area contributed by atoms with Gasteiger partial charge >= 0.3 is 11.9 Å². The Labute approximate surface area is 47.7 Å². The third-order valence-corrected chi connectivity index (χ3v) is 0.267. The Bertz CT molecular complexity index is 181. The van der Waals surface area contributed by atoms with Crippen molar-refractivity contribution in [1.82, 2.24) is 0 Å². The van der Waals surface area contributed by atoms with Crippen LogP contribution in [0, 0.1) is 11.8 Å². The van der Waals surface area contributed by atoms with Crippen LogP contribution in [-0.2, 0) is 9.59 Å². The lowest BCUT2D eigenvalue weighted by Crippen LogP contribution is -1.92. The van der Waals surface area contributed by atoms with Crippen molar-refractivity contribution in [3.05, 3.63) is 0 Å². The SMILES string of the molecule is [2H]OC(=O)C#CC(=O)O[2H]. The first-order chi connectivity index (χ1) is 4.70. The molecular weight excluding hydrogens is 112 g/mol. The normalized spacial score (nSPS) is 9.00. The second-order valence-electron chi connectivity index (χ2n) is 0.825. The zero-order chi connectivity index (χ0) is 7.98. The smallest absolute Gasteiger partial charge is 0.382 e. The van der Waals surface area contributed by atoms with E-state index in [1.165, 1.54) is 0 Å². The second kappa shape index (κ2) is 2.64. The molecule has 0 radical (unpaired) electrons. The standard InChI is InChI=1S/C4H2O4/c5-3(6)1-2-4(7)8/h(H,5,6)(H,7,8)/i/hD2. The molecule has 0 bridgehead atoms. The summed E-state index contributed by atoms with van der Waals surface area (Å²) >= 11 is 0. The third-order valence-electron chi connectivity index (χ3n) is 0.267. The van der Waals surface area contributed by atoms with E-state index in [1.54, 1.807) is 11.8 Å². The summed E-state index contributed by atoms with van der Waals surface area (Å²) < 4.78 is 11.9. The summed E-state index contributed by atoms with van der Waals surface area (Å²) in [5.74, 6) is 0.829. The maximum absolute atomic E-state index is 9.98. The fourth-order valence-corrected chi connectivity index (χ4v) is 0.102. The topological polar surface area (TPSA) is 74.6 Å². The summed E-state index contributed by atoms with van der Waals surface area (Å²) in [5.41, 5.74) is 0. The first-order valence-corrected chi connectivity index (χ1v) is 1.57. The Morgan fingerprint density at radius 3 is 1.88 bits per heavy atom. The van der Waals surface area contributed by atoms with E-state index in [1.807, 2.05) is 0 Å². The van der Waals surface area contributed by atoms with E-state index in [0.29, 0.717) is 0 Å². The summed E-state index contributed by atoms with van der Waals surface area (Å²) in [6.07, 6.45) is 0. The van der Waals surface area contributed by atoms with Crippen LogP contribution in [0.4, 0.5) is 0 Å². The highest BCUT2D eigenvalue weighted by molar-refractivity contribution is 5.96. The van der Waals surface area contributed by atoms with Crippen LogP contribution in [0.1, 0.15) is 0 Å². The number of aliphatic carboxylic acids is 2. The number of rotatable bonds is 0. The zero-order valence-electron chi connectivity index (χ0n) is 5.63. The second-order valence-corrected chi connectivity index (χ2v) is 0.825. The fourth-order valence-electron chi connectivity index (χ4n) is 0.102. The predicted molar refractivity (Wildman–Crippen MR) is 23.0 cm³/mol. The van der Waals surface area contributed by atoms with Crippen molar-refractivity contribution in [2.45, 2.75) is 0 Å². The highest BCUT2D eigenvalue weighted by Gasteiger charge is 1.86. The van der Waals surface area contributed by atoms with Crippen LogP contribution in [0.25, 0.3) is 2.86 Å². The van der Waals surface area contributed by atoms with Gasteiger partial charge in [-0.25, -0.2) is 9.59 Å². The van der Waals surface area contributed by atoms with Gasteiger partial charge in [-0.1, -0.05) is 0 Å². The lowest BCUT2D eigenvalue weighted by atomic mass is 10.6. The highest BCUT2D eigenvalue weighted by atomic mass is 16.4. The van der Waals surface area contributed by atoms with E-state index in [4.69, 9.17) is 2.86 Å². The molecule has 2 N–H and O–H groups in total. The molecule has 0 aliphatic carbocycles. The molecule has 0 aromatic carbocycles. The minimum Gasteiger partial charge on any atom is -0.472 e. The van der Waals surface area contributed by atoms with Crippen molar-refractivity contribution in [3.63, 3.8) is 0 Å². The van der Waals surface area contributed by atoms with Gasteiger partial charge in [0.2, 0.25) is 0 Å². The van der Waals surface area contributed by atoms with Crippen LogP contribution >= 0.6 is 0 Å². The van der Waals surface area contributed by atoms with Crippen LogP contribution in [-0.4, -0.2) is 22.2 Å². The molecule has 0 rings (SSSR count). The fraction of sp³-hybridized carbons (Fsp3) is 0. The van der Waals surface area contributed by atoms with E-state index < -0.39 is 11.9 Å². The van der Waals surface area contributed by atoms with E-state index in [2.05, 4.69) is 10.2 Å². The van der Waals surface area contributed by atoms with Gasteiger partial charge in [0.15, 0.2) is 0 Å². The molecule has 0 aromatic rings. The molecule has 0 aliphatic rings. The van der Waals surface area contributed by atoms with Gasteiger partial charge in [0, 0.05) is 11.8 Å². The molecule has 0 aliphatic heterocycles.